The number of rotatable bonds is 6. The van der Waals surface area contributed by atoms with Gasteiger partial charge >= 0.3 is 5.97 Å². The average molecular weight is 602 g/mol. The van der Waals surface area contributed by atoms with E-state index in [1.165, 1.54) is 12.4 Å². The van der Waals surface area contributed by atoms with Crippen molar-refractivity contribution in [1.29, 1.82) is 0 Å². The number of amides is 1. The van der Waals surface area contributed by atoms with Gasteiger partial charge in [-0.05, 0) is 68.5 Å². The van der Waals surface area contributed by atoms with E-state index in [0.717, 1.165) is 16.9 Å². The topological polar surface area (TPSA) is 153 Å². The zero-order chi connectivity index (χ0) is 28.9. The molecular formula is C27H28ClN5O5S2. The van der Waals surface area contributed by atoms with Crippen molar-refractivity contribution in [3.8, 4) is 0 Å². The fourth-order valence-corrected chi connectivity index (χ4v) is 8.05. The lowest BCUT2D eigenvalue weighted by atomic mass is 9.85. The van der Waals surface area contributed by atoms with E-state index in [-0.39, 0.29) is 23.6 Å². The second-order valence-electron chi connectivity index (χ2n) is 10.9. The second kappa shape index (κ2) is 10.3. The quantitative estimate of drug-likeness (QED) is 0.281. The molecule has 2 atom stereocenters. The number of nitrogens with one attached hydrogen (secondary N) is 2. The minimum absolute atomic E-state index is 0.00253. The third-order valence-electron chi connectivity index (χ3n) is 6.48. The van der Waals surface area contributed by atoms with Gasteiger partial charge < -0.3 is 15.8 Å². The Morgan fingerprint density at radius 1 is 1.20 bits per heavy atom. The van der Waals surface area contributed by atoms with Gasteiger partial charge in [-0.25, -0.2) is 18.4 Å². The third-order valence-corrected chi connectivity index (χ3v) is 10.2. The highest BCUT2D eigenvalue weighted by Crippen LogP contribution is 2.34. The van der Waals surface area contributed by atoms with Crippen molar-refractivity contribution in [2.45, 2.75) is 54.3 Å². The Labute approximate surface area is 240 Å². The van der Waals surface area contributed by atoms with Gasteiger partial charge in [-0.2, -0.15) is 0 Å². The number of fused-ring (bicyclic) bond motifs is 2. The maximum absolute atomic E-state index is 13.5. The fraction of sp³-hybridized carbons (Fsp3) is 0.333. The van der Waals surface area contributed by atoms with Crippen molar-refractivity contribution in [3.05, 3.63) is 59.4 Å². The predicted octanol–water partition coefficient (Wildman–Crippen LogP) is 3.61. The lowest BCUT2D eigenvalue weighted by Gasteiger charge is -2.41. The number of benzene rings is 2. The van der Waals surface area contributed by atoms with Crippen LogP contribution in [0.2, 0.25) is 5.02 Å². The van der Waals surface area contributed by atoms with Crippen LogP contribution < -0.4 is 16.4 Å². The van der Waals surface area contributed by atoms with Crippen LogP contribution in [0.25, 0.3) is 21.0 Å². The van der Waals surface area contributed by atoms with E-state index in [9.17, 15) is 18.0 Å². The number of aromatic nitrogens is 2. The lowest BCUT2D eigenvalue weighted by molar-refractivity contribution is -0.157. The molecule has 0 radical (unpaired) electrons. The molecule has 0 bridgehead atoms. The Morgan fingerprint density at radius 3 is 2.70 bits per heavy atom. The van der Waals surface area contributed by atoms with Crippen LogP contribution >= 0.6 is 22.9 Å². The summed E-state index contributed by atoms with van der Waals surface area (Å²) in [6.07, 6.45) is 1.39. The molecule has 1 aliphatic rings. The number of hydrogen-bond donors (Lipinski definition) is 3. The smallest absolute Gasteiger partial charge is 0.308 e. The van der Waals surface area contributed by atoms with Crippen LogP contribution in [-0.4, -0.2) is 53.3 Å². The zero-order valence-electron chi connectivity index (χ0n) is 22.0. The number of sulfone groups is 1. The molecule has 4 aromatic rings. The molecule has 1 unspecified atom stereocenters. The van der Waals surface area contributed by atoms with Gasteiger partial charge in [0.05, 0.1) is 17.5 Å². The Morgan fingerprint density at radius 2 is 1.98 bits per heavy atom. The van der Waals surface area contributed by atoms with Gasteiger partial charge in [0.25, 0.3) is 5.91 Å². The molecule has 1 aliphatic heterocycles. The molecule has 1 saturated heterocycles. The van der Waals surface area contributed by atoms with E-state index in [1.54, 1.807) is 45.0 Å². The van der Waals surface area contributed by atoms with Crippen LogP contribution in [0.3, 0.4) is 0 Å². The van der Waals surface area contributed by atoms with Gasteiger partial charge in [0.1, 0.15) is 22.0 Å². The number of nitrogens with two attached hydrogens (primary N) is 1. The van der Waals surface area contributed by atoms with Gasteiger partial charge in [-0.15, -0.1) is 11.3 Å². The first kappa shape index (κ1) is 28.2. The molecule has 2 aromatic carbocycles. The molecule has 10 nitrogen and oxygen atoms in total. The number of hydrogen-bond acceptors (Lipinski definition) is 10. The molecule has 0 saturated carbocycles. The van der Waals surface area contributed by atoms with Crippen LogP contribution in [0.5, 0.6) is 0 Å². The Hall–Kier alpha value is -3.32. The van der Waals surface area contributed by atoms with Crippen molar-refractivity contribution >= 4 is 71.5 Å². The van der Waals surface area contributed by atoms with Crippen molar-refractivity contribution in [1.82, 2.24) is 20.6 Å². The van der Waals surface area contributed by atoms with Crippen LogP contribution in [0.1, 0.15) is 32.8 Å². The summed E-state index contributed by atoms with van der Waals surface area (Å²) in [5.74, 6) is -0.938. The molecule has 5 rings (SSSR count). The number of esters is 1. The number of anilines is 1. The Bertz CT molecular complexity index is 1750. The maximum Gasteiger partial charge on any atom is 0.308 e. The molecule has 1 fully saturated rings. The highest BCUT2D eigenvalue weighted by atomic mass is 35.5. The molecule has 40 heavy (non-hydrogen) atoms. The largest absolute Gasteiger partial charge is 0.460 e. The SMILES string of the molecule is CC(C)(C)OC(=O)CC1(Cc2ccc3c(N)ncnc3c2)CN[C@@H](S(=O)(=O)c2cc3ccc(Cl)cc3s2)C(=O)N1. The number of nitrogens with zero attached hydrogens (tertiary/aromatic N) is 2. The summed E-state index contributed by atoms with van der Waals surface area (Å²) in [7, 11) is -4.09. The average Bonchev–Trinajstić information content (AvgIpc) is 3.27. The molecule has 0 spiro atoms. The maximum atomic E-state index is 13.5. The molecule has 2 aromatic heterocycles. The number of thiophene rings is 1. The number of piperazine rings is 1. The summed E-state index contributed by atoms with van der Waals surface area (Å²) in [6, 6.07) is 12.0. The van der Waals surface area contributed by atoms with Gasteiger partial charge in [-0.1, -0.05) is 23.7 Å². The van der Waals surface area contributed by atoms with E-state index in [4.69, 9.17) is 22.1 Å². The summed E-state index contributed by atoms with van der Waals surface area (Å²) < 4.78 is 33.4. The van der Waals surface area contributed by atoms with Crippen LogP contribution in [0.15, 0.2) is 53.0 Å². The van der Waals surface area contributed by atoms with E-state index in [0.29, 0.717) is 31.8 Å². The zero-order valence-corrected chi connectivity index (χ0v) is 24.4. The first-order valence-electron chi connectivity index (χ1n) is 12.4. The number of carbonyl (C=O) groups is 2. The Balaban J connectivity index is 1.45. The van der Waals surface area contributed by atoms with Gasteiger partial charge in [-0.3, -0.25) is 14.9 Å². The number of carbonyl (C=O) groups excluding carboxylic acids is 2. The molecule has 1 amide bonds. The molecule has 0 aliphatic carbocycles. The minimum Gasteiger partial charge on any atom is -0.460 e. The van der Waals surface area contributed by atoms with Crippen molar-refractivity contribution in [2.75, 3.05) is 12.3 Å². The van der Waals surface area contributed by atoms with Gasteiger partial charge in [0.15, 0.2) is 5.37 Å². The van der Waals surface area contributed by atoms with Crippen LogP contribution in [0.4, 0.5) is 5.82 Å². The monoisotopic (exact) mass is 601 g/mol. The summed E-state index contributed by atoms with van der Waals surface area (Å²) in [5, 5.41) is 6.12. The number of nitrogen functional groups attached to an aromatic ring is 1. The van der Waals surface area contributed by atoms with Crippen molar-refractivity contribution in [2.24, 2.45) is 0 Å². The van der Waals surface area contributed by atoms with E-state index >= 15 is 0 Å². The summed E-state index contributed by atoms with van der Waals surface area (Å²) in [5.41, 5.74) is 5.43. The summed E-state index contributed by atoms with van der Waals surface area (Å²) >= 11 is 7.11. The predicted molar refractivity (Wildman–Crippen MR) is 155 cm³/mol. The first-order chi connectivity index (χ1) is 18.7. The van der Waals surface area contributed by atoms with E-state index < -0.39 is 38.2 Å². The third kappa shape index (κ3) is 5.75. The lowest BCUT2D eigenvalue weighted by Crippen LogP contribution is -2.69. The van der Waals surface area contributed by atoms with Crippen molar-refractivity contribution in [3.63, 3.8) is 0 Å². The van der Waals surface area contributed by atoms with Crippen LogP contribution in [-0.2, 0) is 30.6 Å². The normalized spacial score (nSPS) is 20.0. The second-order valence-corrected chi connectivity index (χ2v) is 14.7. The standard InChI is InChI=1S/C27H28ClN5O5S2/c1-26(2,3)38-21(34)12-27(11-15-4-7-18-19(8-15)31-14-32-23(18)29)13-30-25(24(35)33-27)40(36,37)22-9-16-5-6-17(28)10-20(16)39-22/h4-10,14,25,30H,11-13H2,1-3H3,(H,33,35)(H2,29,31,32)/t25-,27?/m0/s1. The van der Waals surface area contributed by atoms with Crippen molar-refractivity contribution < 1.29 is 22.7 Å². The Kier molecular flexibility index (Phi) is 7.24. The molecule has 4 N–H and O–H groups in total. The number of ether oxygens (including phenoxy) is 1. The molecule has 13 heteroatoms. The highest BCUT2D eigenvalue weighted by molar-refractivity contribution is 7.94. The van der Waals surface area contributed by atoms with E-state index in [1.807, 2.05) is 12.1 Å². The summed E-state index contributed by atoms with van der Waals surface area (Å²) in [6.45, 7) is 5.26. The molecule has 210 valence electrons. The minimum atomic E-state index is -4.09. The fourth-order valence-electron chi connectivity index (χ4n) is 4.79. The van der Waals surface area contributed by atoms with E-state index in [2.05, 4.69) is 20.6 Å². The van der Waals surface area contributed by atoms with Crippen LogP contribution in [0, 0.1) is 0 Å². The van der Waals surface area contributed by atoms with Gasteiger partial charge in [0.2, 0.25) is 9.84 Å². The van der Waals surface area contributed by atoms with Gasteiger partial charge in [0, 0.05) is 21.7 Å². The summed E-state index contributed by atoms with van der Waals surface area (Å²) in [4.78, 5) is 34.7. The number of halogens is 1. The highest BCUT2D eigenvalue weighted by Gasteiger charge is 2.47. The molecular weight excluding hydrogens is 574 g/mol. The molecule has 3 heterocycles. The first-order valence-corrected chi connectivity index (χ1v) is 15.2.